The maximum atomic E-state index is 6.23. The van der Waals surface area contributed by atoms with E-state index in [1.807, 2.05) is 85.5 Å². The molecule has 4 heterocycles. The summed E-state index contributed by atoms with van der Waals surface area (Å²) in [6.07, 6.45) is 7.56. The molecule has 0 saturated carbocycles. The Morgan fingerprint density at radius 2 is 0.688 bits per heavy atom. The molecular weight excluding hydrogens is 592 g/mol. The van der Waals surface area contributed by atoms with Crippen molar-refractivity contribution in [2.75, 3.05) is 0 Å². The number of nitrogens with zero attached hydrogens (tertiary/aromatic N) is 4. The van der Waals surface area contributed by atoms with Crippen molar-refractivity contribution >= 4 is 54.6 Å². The maximum Gasteiger partial charge on any atom is 0.162 e. The van der Waals surface area contributed by atoms with Gasteiger partial charge in [0.05, 0.1) is 11.1 Å². The van der Waals surface area contributed by atoms with Gasteiger partial charge in [0.25, 0.3) is 0 Å². The molecule has 10 rings (SSSR count). The minimum Gasteiger partial charge on any atom is -0.455 e. The molecule has 0 unspecified atom stereocenters. The van der Waals surface area contributed by atoms with Crippen LogP contribution in [0.4, 0.5) is 0 Å². The first-order chi connectivity index (χ1) is 23.8. The number of furan rings is 2. The Bertz CT molecular complexity index is 2640. The van der Waals surface area contributed by atoms with Gasteiger partial charge in [-0.25, -0.2) is 19.9 Å². The van der Waals surface area contributed by atoms with E-state index in [1.165, 1.54) is 0 Å². The first-order valence-electron chi connectivity index (χ1n) is 15.8. The fraction of sp³-hybridized carbons (Fsp3) is 0. The highest BCUT2D eigenvalue weighted by molar-refractivity contribution is 6.10. The number of fused-ring (bicyclic) bond motifs is 7. The second-order valence-electron chi connectivity index (χ2n) is 11.9. The summed E-state index contributed by atoms with van der Waals surface area (Å²) in [5, 5.41) is 6.48. The van der Waals surface area contributed by atoms with Crippen LogP contribution in [-0.2, 0) is 0 Å². The molecule has 0 N–H and O–H groups in total. The summed E-state index contributed by atoms with van der Waals surface area (Å²) in [5.41, 5.74) is 9.01. The highest BCUT2D eigenvalue weighted by Crippen LogP contribution is 2.38. The molecule has 0 fully saturated rings. The van der Waals surface area contributed by atoms with Gasteiger partial charge in [0.2, 0.25) is 0 Å². The van der Waals surface area contributed by atoms with Crippen LogP contribution in [0.5, 0.6) is 0 Å². The van der Waals surface area contributed by atoms with Crippen LogP contribution in [0.1, 0.15) is 0 Å². The van der Waals surface area contributed by atoms with Gasteiger partial charge in [-0.1, -0.05) is 97.1 Å². The molecule has 10 aromatic rings. The van der Waals surface area contributed by atoms with Gasteiger partial charge in [0.15, 0.2) is 11.6 Å². The zero-order valence-corrected chi connectivity index (χ0v) is 25.5. The fourth-order valence-electron chi connectivity index (χ4n) is 6.86. The lowest BCUT2D eigenvalue weighted by Crippen LogP contribution is -1.93. The molecule has 0 radical (unpaired) electrons. The van der Waals surface area contributed by atoms with Crippen molar-refractivity contribution in [3.63, 3.8) is 0 Å². The minimum absolute atomic E-state index is 0.625. The zero-order valence-electron chi connectivity index (χ0n) is 25.5. The SMILES string of the molecule is c1ccc2c(c1)oc1c(-c3ncc(-c4ccc(-c5cnc(-c6cccc7c6oc6ccccc67)nc5)c5ccccc45)cn3)cccc12. The van der Waals surface area contributed by atoms with E-state index < -0.39 is 0 Å². The van der Waals surface area contributed by atoms with Crippen LogP contribution in [-0.4, -0.2) is 19.9 Å². The molecule has 0 amide bonds. The van der Waals surface area contributed by atoms with Gasteiger partial charge < -0.3 is 8.83 Å². The lowest BCUT2D eigenvalue weighted by Gasteiger charge is -2.12. The summed E-state index contributed by atoms with van der Waals surface area (Å²) >= 11 is 0. The maximum absolute atomic E-state index is 6.23. The topological polar surface area (TPSA) is 77.8 Å². The Morgan fingerprint density at radius 1 is 0.312 bits per heavy atom. The molecule has 4 aromatic heterocycles. The van der Waals surface area contributed by atoms with Crippen molar-refractivity contribution in [3.05, 3.63) is 146 Å². The van der Waals surface area contributed by atoms with Crippen LogP contribution in [0.3, 0.4) is 0 Å². The van der Waals surface area contributed by atoms with Crippen molar-refractivity contribution in [1.29, 1.82) is 0 Å². The van der Waals surface area contributed by atoms with Crippen LogP contribution < -0.4 is 0 Å². The molecule has 0 aliphatic carbocycles. The van der Waals surface area contributed by atoms with Crippen LogP contribution >= 0.6 is 0 Å². The summed E-state index contributed by atoms with van der Waals surface area (Å²) in [6, 6.07) is 41.0. The highest BCUT2D eigenvalue weighted by Gasteiger charge is 2.17. The third-order valence-electron chi connectivity index (χ3n) is 9.14. The number of hydrogen-bond donors (Lipinski definition) is 0. The van der Waals surface area contributed by atoms with Crippen LogP contribution in [0.25, 0.3) is 99.7 Å². The first kappa shape index (κ1) is 26.5. The second kappa shape index (κ2) is 10.4. The van der Waals surface area contributed by atoms with Crippen LogP contribution in [0.15, 0.2) is 155 Å². The van der Waals surface area contributed by atoms with Gasteiger partial charge in [-0.05, 0) is 46.2 Å². The summed E-state index contributed by atoms with van der Waals surface area (Å²) < 4.78 is 12.5. The van der Waals surface area contributed by atoms with Gasteiger partial charge in [-0.15, -0.1) is 0 Å². The van der Waals surface area contributed by atoms with Crippen LogP contribution in [0.2, 0.25) is 0 Å². The Hall–Kier alpha value is -6.66. The minimum atomic E-state index is 0.625. The number of hydrogen-bond acceptors (Lipinski definition) is 6. The normalized spacial score (nSPS) is 11.8. The largest absolute Gasteiger partial charge is 0.455 e. The van der Waals surface area contributed by atoms with Gasteiger partial charge in [-0.2, -0.15) is 0 Å². The van der Waals surface area contributed by atoms with E-state index >= 15 is 0 Å². The Balaban J connectivity index is 1.01. The van der Waals surface area contributed by atoms with E-state index in [4.69, 9.17) is 28.8 Å². The average molecular weight is 617 g/mol. The molecular formula is C42H24N4O2. The Kier molecular flexibility index (Phi) is 5.77. The first-order valence-corrected chi connectivity index (χ1v) is 15.8. The van der Waals surface area contributed by atoms with E-state index in [0.717, 1.165) is 88.0 Å². The van der Waals surface area contributed by atoms with Crippen molar-refractivity contribution in [1.82, 2.24) is 19.9 Å². The monoisotopic (exact) mass is 616 g/mol. The molecule has 0 aliphatic rings. The highest BCUT2D eigenvalue weighted by atomic mass is 16.3. The van der Waals surface area contributed by atoms with Crippen molar-refractivity contribution in [2.24, 2.45) is 0 Å². The molecule has 6 nitrogen and oxygen atoms in total. The number of benzene rings is 6. The van der Waals surface area contributed by atoms with Crippen molar-refractivity contribution in [3.8, 4) is 45.0 Å². The smallest absolute Gasteiger partial charge is 0.162 e. The van der Waals surface area contributed by atoms with E-state index in [1.54, 1.807) is 0 Å². The molecule has 0 aliphatic heterocycles. The molecule has 0 spiro atoms. The average Bonchev–Trinajstić information content (AvgIpc) is 3.73. The standard InChI is InChI=1S/C42H24N4O2/c1-2-10-30-28(26-23-45-42(46-24-26)36-16-8-14-34-32-12-4-6-18-38(32)48-40(34)36)20-19-27(29(30)9-1)25-21-43-41(44-22-25)35-15-7-13-33-31-11-3-5-17-37(31)47-39(33)35/h1-24H. The van der Waals surface area contributed by atoms with Gasteiger partial charge in [0.1, 0.15) is 22.3 Å². The number of rotatable bonds is 4. The summed E-state index contributed by atoms with van der Waals surface area (Å²) in [4.78, 5) is 19.2. The number of para-hydroxylation sites is 4. The summed E-state index contributed by atoms with van der Waals surface area (Å²) in [7, 11) is 0. The van der Waals surface area contributed by atoms with E-state index in [-0.39, 0.29) is 0 Å². The predicted octanol–water partition coefficient (Wildman–Crippen LogP) is 10.9. The number of aromatic nitrogens is 4. The second-order valence-corrected chi connectivity index (χ2v) is 11.9. The van der Waals surface area contributed by atoms with Gasteiger partial charge >= 0.3 is 0 Å². The fourth-order valence-corrected chi connectivity index (χ4v) is 6.86. The Labute approximate surface area is 274 Å². The molecule has 224 valence electrons. The van der Waals surface area contributed by atoms with Gasteiger partial charge in [-0.3, -0.25) is 0 Å². The Morgan fingerprint density at radius 3 is 1.12 bits per heavy atom. The quantitative estimate of drug-likeness (QED) is 0.196. The van der Waals surface area contributed by atoms with E-state index in [9.17, 15) is 0 Å². The lowest BCUT2D eigenvalue weighted by atomic mass is 9.94. The molecule has 0 atom stereocenters. The summed E-state index contributed by atoms with van der Waals surface area (Å²) in [5.74, 6) is 1.25. The predicted molar refractivity (Wildman–Crippen MR) is 191 cm³/mol. The van der Waals surface area contributed by atoms with Crippen molar-refractivity contribution in [2.45, 2.75) is 0 Å². The summed E-state index contributed by atoms with van der Waals surface area (Å²) in [6.45, 7) is 0. The molecule has 6 heteroatoms. The molecule has 48 heavy (non-hydrogen) atoms. The molecule has 6 aromatic carbocycles. The van der Waals surface area contributed by atoms with Crippen molar-refractivity contribution < 1.29 is 8.83 Å². The third-order valence-corrected chi connectivity index (χ3v) is 9.14. The molecule has 0 bridgehead atoms. The van der Waals surface area contributed by atoms with Gasteiger partial charge in [0, 0.05) is 57.5 Å². The lowest BCUT2D eigenvalue weighted by molar-refractivity contribution is 0.669. The van der Waals surface area contributed by atoms with E-state index in [0.29, 0.717) is 11.6 Å². The molecule has 0 saturated heterocycles. The third kappa shape index (κ3) is 4.06. The zero-order chi connectivity index (χ0) is 31.6. The van der Waals surface area contributed by atoms with E-state index in [2.05, 4.69) is 60.7 Å². The van der Waals surface area contributed by atoms with Crippen LogP contribution in [0, 0.1) is 0 Å².